The van der Waals surface area contributed by atoms with E-state index in [0.29, 0.717) is 25.4 Å². The second kappa shape index (κ2) is 8.44. The summed E-state index contributed by atoms with van der Waals surface area (Å²) in [5, 5.41) is 4.09. The molecule has 0 saturated carbocycles. The van der Waals surface area contributed by atoms with Gasteiger partial charge in [-0.05, 0) is 49.7 Å². The van der Waals surface area contributed by atoms with Crippen molar-refractivity contribution in [3.8, 4) is 11.3 Å². The van der Waals surface area contributed by atoms with Crippen LogP contribution >= 0.6 is 11.6 Å². The number of aromatic nitrogens is 1. The predicted octanol–water partition coefficient (Wildman–Crippen LogP) is 4.93. The number of anilines is 1. The van der Waals surface area contributed by atoms with Crippen LogP contribution in [0.25, 0.3) is 11.3 Å². The summed E-state index contributed by atoms with van der Waals surface area (Å²) < 4.78 is 32.9. The molecular weight excluding hydrogens is 412 g/mol. The summed E-state index contributed by atoms with van der Waals surface area (Å²) in [4.78, 5) is 17.2. The van der Waals surface area contributed by atoms with E-state index in [2.05, 4.69) is 10.1 Å². The molecule has 3 aromatic rings. The maximum atomic E-state index is 14.4. The number of carbonyl (C=O) groups excluding carboxylic acids is 1. The van der Waals surface area contributed by atoms with E-state index in [4.69, 9.17) is 16.1 Å². The van der Waals surface area contributed by atoms with Gasteiger partial charge in [0.25, 0.3) is 5.91 Å². The smallest absolute Gasteiger partial charge is 0.259 e. The van der Waals surface area contributed by atoms with Crippen molar-refractivity contribution in [1.82, 2.24) is 10.1 Å². The molecule has 1 aliphatic rings. The van der Waals surface area contributed by atoms with Gasteiger partial charge in [-0.3, -0.25) is 4.79 Å². The maximum absolute atomic E-state index is 14.4. The van der Waals surface area contributed by atoms with Crippen molar-refractivity contribution in [2.75, 3.05) is 31.1 Å². The van der Waals surface area contributed by atoms with E-state index in [1.807, 2.05) is 0 Å². The van der Waals surface area contributed by atoms with Crippen LogP contribution in [0.1, 0.15) is 22.5 Å². The molecule has 1 aromatic heterocycles. The highest BCUT2D eigenvalue weighted by molar-refractivity contribution is 6.33. The first-order valence-corrected chi connectivity index (χ1v) is 10.0. The Bertz CT molecular complexity index is 1050. The first kappa shape index (κ1) is 20.3. The Kier molecular flexibility index (Phi) is 5.72. The Balaban J connectivity index is 1.58. The van der Waals surface area contributed by atoms with Gasteiger partial charge in [0.1, 0.15) is 28.7 Å². The Morgan fingerprint density at radius 2 is 1.83 bits per heavy atom. The molecule has 156 valence electrons. The van der Waals surface area contributed by atoms with Gasteiger partial charge in [-0.25, -0.2) is 8.78 Å². The molecule has 2 heterocycles. The molecule has 0 N–H and O–H groups in total. The van der Waals surface area contributed by atoms with Gasteiger partial charge in [0, 0.05) is 31.9 Å². The van der Waals surface area contributed by atoms with Crippen LogP contribution in [-0.4, -0.2) is 42.1 Å². The summed E-state index contributed by atoms with van der Waals surface area (Å²) in [6.07, 6.45) is 0.739. The van der Waals surface area contributed by atoms with E-state index in [1.54, 1.807) is 30.0 Å². The summed E-state index contributed by atoms with van der Waals surface area (Å²) in [5.41, 5.74) is 1.30. The van der Waals surface area contributed by atoms with Gasteiger partial charge in [0.05, 0.1) is 10.6 Å². The number of rotatable bonds is 3. The third-order valence-corrected chi connectivity index (χ3v) is 5.57. The van der Waals surface area contributed by atoms with Crippen molar-refractivity contribution < 1.29 is 18.1 Å². The Morgan fingerprint density at radius 1 is 1.07 bits per heavy atom. The fraction of sp³-hybridized carbons (Fsp3) is 0.273. The Hall–Kier alpha value is -2.93. The molecule has 2 aromatic carbocycles. The van der Waals surface area contributed by atoms with Crippen LogP contribution in [0, 0.1) is 18.6 Å². The molecule has 5 nitrogen and oxygen atoms in total. The fourth-order valence-electron chi connectivity index (χ4n) is 3.71. The summed E-state index contributed by atoms with van der Waals surface area (Å²) in [6.45, 7) is 3.96. The minimum atomic E-state index is -0.566. The molecule has 0 bridgehead atoms. The molecule has 8 heteroatoms. The van der Waals surface area contributed by atoms with E-state index in [-0.39, 0.29) is 33.6 Å². The highest BCUT2D eigenvalue weighted by Gasteiger charge is 2.29. The maximum Gasteiger partial charge on any atom is 0.259 e. The van der Waals surface area contributed by atoms with Crippen LogP contribution in [0.3, 0.4) is 0 Å². The Labute approximate surface area is 177 Å². The van der Waals surface area contributed by atoms with Gasteiger partial charge in [-0.2, -0.15) is 0 Å². The van der Waals surface area contributed by atoms with Crippen molar-refractivity contribution in [1.29, 1.82) is 0 Å². The molecule has 1 fully saturated rings. The largest absolute Gasteiger partial charge is 0.370 e. The van der Waals surface area contributed by atoms with Crippen LogP contribution in [0.15, 0.2) is 47.0 Å². The molecule has 0 atom stereocenters. The highest BCUT2D eigenvalue weighted by atomic mass is 35.5. The van der Waals surface area contributed by atoms with Crippen LogP contribution < -0.4 is 4.90 Å². The summed E-state index contributed by atoms with van der Waals surface area (Å²) >= 11 is 6.18. The predicted molar refractivity (Wildman–Crippen MR) is 111 cm³/mol. The van der Waals surface area contributed by atoms with E-state index in [9.17, 15) is 13.6 Å². The summed E-state index contributed by atoms with van der Waals surface area (Å²) in [7, 11) is 0. The van der Waals surface area contributed by atoms with Crippen LogP contribution in [0.4, 0.5) is 14.5 Å². The van der Waals surface area contributed by atoms with Crippen molar-refractivity contribution in [3.63, 3.8) is 0 Å². The number of benzene rings is 2. The third kappa shape index (κ3) is 3.89. The fourth-order valence-corrected chi connectivity index (χ4v) is 3.96. The lowest BCUT2D eigenvalue weighted by Gasteiger charge is -2.23. The number of halogens is 3. The molecule has 1 aliphatic heterocycles. The molecule has 30 heavy (non-hydrogen) atoms. The number of hydrogen-bond acceptors (Lipinski definition) is 4. The van der Waals surface area contributed by atoms with E-state index < -0.39 is 5.82 Å². The zero-order valence-corrected chi connectivity index (χ0v) is 17.1. The molecule has 0 unspecified atom stereocenters. The van der Waals surface area contributed by atoms with E-state index >= 15 is 0 Å². The van der Waals surface area contributed by atoms with Gasteiger partial charge in [-0.15, -0.1) is 0 Å². The highest BCUT2D eigenvalue weighted by Crippen LogP contribution is 2.34. The second-order valence-corrected chi connectivity index (χ2v) is 7.58. The lowest BCUT2D eigenvalue weighted by molar-refractivity contribution is 0.0766. The zero-order valence-electron chi connectivity index (χ0n) is 16.4. The third-order valence-electron chi connectivity index (χ3n) is 5.25. The normalized spacial score (nSPS) is 14.7. The monoisotopic (exact) mass is 431 g/mol. The van der Waals surface area contributed by atoms with Crippen LogP contribution in [0.5, 0.6) is 0 Å². The summed E-state index contributed by atoms with van der Waals surface area (Å²) in [5.74, 6) is -0.811. The van der Waals surface area contributed by atoms with Gasteiger partial charge in [0.2, 0.25) is 0 Å². The standard InChI is InChI=1S/C22H20ClF2N3O2/c1-14-19(21(26-30-14)20-17(23)4-2-5-18(20)25)22(29)28-11-3-10-27(12-13-28)16-8-6-15(24)7-9-16/h2,4-9H,3,10-13H2,1H3. The number of nitrogens with zero attached hydrogens (tertiary/aromatic N) is 3. The van der Waals surface area contributed by atoms with Gasteiger partial charge >= 0.3 is 0 Å². The minimum absolute atomic E-state index is 0.0575. The molecule has 4 rings (SSSR count). The Morgan fingerprint density at radius 3 is 2.57 bits per heavy atom. The number of hydrogen-bond donors (Lipinski definition) is 0. The van der Waals surface area contributed by atoms with Crippen molar-refractivity contribution in [3.05, 3.63) is 70.4 Å². The topological polar surface area (TPSA) is 49.6 Å². The molecular formula is C22H20ClF2N3O2. The zero-order chi connectivity index (χ0) is 21.3. The molecule has 0 radical (unpaired) electrons. The molecule has 0 aliphatic carbocycles. The average molecular weight is 432 g/mol. The summed E-state index contributed by atoms with van der Waals surface area (Å²) in [6, 6.07) is 10.6. The number of amides is 1. The lowest BCUT2D eigenvalue weighted by Crippen LogP contribution is -2.35. The second-order valence-electron chi connectivity index (χ2n) is 7.17. The first-order valence-electron chi connectivity index (χ1n) is 9.66. The van der Waals surface area contributed by atoms with Crippen molar-refractivity contribution in [2.24, 2.45) is 0 Å². The number of aryl methyl sites for hydroxylation is 1. The number of carbonyl (C=O) groups is 1. The van der Waals surface area contributed by atoms with Gasteiger partial charge < -0.3 is 14.3 Å². The first-order chi connectivity index (χ1) is 14.5. The SMILES string of the molecule is Cc1onc(-c2c(F)cccc2Cl)c1C(=O)N1CCCN(c2ccc(F)cc2)CC1. The average Bonchev–Trinajstić information content (AvgIpc) is 2.94. The van der Waals surface area contributed by atoms with Crippen molar-refractivity contribution in [2.45, 2.75) is 13.3 Å². The molecule has 0 spiro atoms. The molecule has 1 amide bonds. The quantitative estimate of drug-likeness (QED) is 0.589. The van der Waals surface area contributed by atoms with E-state index in [1.165, 1.54) is 24.3 Å². The lowest BCUT2D eigenvalue weighted by atomic mass is 10.0. The molecule has 1 saturated heterocycles. The van der Waals surface area contributed by atoms with Crippen LogP contribution in [-0.2, 0) is 0 Å². The van der Waals surface area contributed by atoms with E-state index in [0.717, 1.165) is 18.7 Å². The van der Waals surface area contributed by atoms with Crippen LogP contribution in [0.2, 0.25) is 5.02 Å². The van der Waals surface area contributed by atoms with Gasteiger partial charge in [0.15, 0.2) is 0 Å². The minimum Gasteiger partial charge on any atom is -0.370 e. The van der Waals surface area contributed by atoms with Gasteiger partial charge in [-0.1, -0.05) is 22.8 Å². The van der Waals surface area contributed by atoms with Crippen molar-refractivity contribution >= 4 is 23.2 Å².